The van der Waals surface area contributed by atoms with E-state index in [0.29, 0.717) is 48.4 Å². The van der Waals surface area contributed by atoms with Crippen molar-refractivity contribution in [3.8, 4) is 11.3 Å². The van der Waals surface area contributed by atoms with Gasteiger partial charge in [-0.15, -0.1) is 0 Å². The SMILES string of the molecule is CC1(C)COC[C@@H](CNc2nc(-c3cc(NC(=O)[C@@H]4CCCNC4)ncc3Cl)cnc2F)O1. The Balaban J connectivity index is 1.48. The van der Waals surface area contributed by atoms with Crippen LogP contribution in [0.3, 0.4) is 0 Å². The Morgan fingerprint density at radius 3 is 2.97 bits per heavy atom. The molecule has 33 heavy (non-hydrogen) atoms. The quantitative estimate of drug-likeness (QED) is 0.581. The number of amides is 1. The highest BCUT2D eigenvalue weighted by atomic mass is 35.5. The molecule has 2 fully saturated rings. The zero-order valence-corrected chi connectivity index (χ0v) is 19.4. The average Bonchev–Trinajstić information content (AvgIpc) is 2.80. The number of nitrogens with zero attached hydrogens (tertiary/aromatic N) is 3. The summed E-state index contributed by atoms with van der Waals surface area (Å²) in [6, 6.07) is 1.61. The molecule has 1 amide bonds. The van der Waals surface area contributed by atoms with Gasteiger partial charge in [0.25, 0.3) is 5.95 Å². The summed E-state index contributed by atoms with van der Waals surface area (Å²) in [4.78, 5) is 24.9. The van der Waals surface area contributed by atoms with E-state index in [2.05, 4.69) is 30.9 Å². The largest absolute Gasteiger partial charge is 0.376 e. The van der Waals surface area contributed by atoms with Gasteiger partial charge in [-0.1, -0.05) is 11.6 Å². The molecule has 2 aliphatic heterocycles. The first-order chi connectivity index (χ1) is 15.8. The third-order valence-corrected chi connectivity index (χ3v) is 5.82. The molecule has 2 saturated heterocycles. The number of pyridine rings is 1. The molecule has 0 spiro atoms. The van der Waals surface area contributed by atoms with Crippen LogP contribution in [0.1, 0.15) is 26.7 Å². The number of aromatic nitrogens is 3. The Labute approximate surface area is 196 Å². The van der Waals surface area contributed by atoms with Gasteiger partial charge in [0.15, 0.2) is 5.82 Å². The summed E-state index contributed by atoms with van der Waals surface area (Å²) in [5.74, 6) is -0.629. The summed E-state index contributed by atoms with van der Waals surface area (Å²) in [5.41, 5.74) is 0.426. The molecule has 9 nitrogen and oxygen atoms in total. The second kappa shape index (κ2) is 10.3. The number of carbonyl (C=O) groups excluding carboxylic acids is 1. The van der Waals surface area contributed by atoms with Crippen LogP contribution in [0.25, 0.3) is 11.3 Å². The lowest BCUT2D eigenvalue weighted by Crippen LogP contribution is -2.45. The van der Waals surface area contributed by atoms with Crippen molar-refractivity contribution in [1.82, 2.24) is 20.3 Å². The maximum Gasteiger partial charge on any atom is 0.255 e. The summed E-state index contributed by atoms with van der Waals surface area (Å²) in [6.07, 6.45) is 4.25. The molecule has 0 radical (unpaired) electrons. The van der Waals surface area contributed by atoms with E-state index in [1.807, 2.05) is 13.8 Å². The summed E-state index contributed by atoms with van der Waals surface area (Å²) >= 11 is 6.33. The molecule has 2 aromatic heterocycles. The van der Waals surface area contributed by atoms with Crippen molar-refractivity contribution in [3.63, 3.8) is 0 Å². The molecule has 2 atom stereocenters. The van der Waals surface area contributed by atoms with Gasteiger partial charge in [-0.05, 0) is 39.3 Å². The molecule has 0 unspecified atom stereocenters. The molecule has 11 heteroatoms. The lowest BCUT2D eigenvalue weighted by atomic mass is 9.99. The van der Waals surface area contributed by atoms with E-state index in [4.69, 9.17) is 21.1 Å². The lowest BCUT2D eigenvalue weighted by molar-refractivity contribution is -0.177. The van der Waals surface area contributed by atoms with E-state index in [1.165, 1.54) is 12.4 Å². The summed E-state index contributed by atoms with van der Waals surface area (Å²) in [6.45, 7) is 6.64. The Hall–Kier alpha value is -2.40. The van der Waals surface area contributed by atoms with Gasteiger partial charge >= 0.3 is 0 Å². The Kier molecular flexibility index (Phi) is 7.38. The number of anilines is 2. The van der Waals surface area contributed by atoms with Crippen LogP contribution in [0.4, 0.5) is 16.0 Å². The van der Waals surface area contributed by atoms with Crippen LogP contribution in [0.5, 0.6) is 0 Å². The van der Waals surface area contributed by atoms with Crippen molar-refractivity contribution in [3.05, 3.63) is 29.4 Å². The minimum absolute atomic E-state index is 0.0220. The van der Waals surface area contributed by atoms with Crippen LogP contribution in [0.15, 0.2) is 18.5 Å². The molecule has 4 rings (SSSR count). The second-order valence-corrected chi connectivity index (χ2v) is 9.28. The van der Waals surface area contributed by atoms with Crippen LogP contribution in [-0.2, 0) is 14.3 Å². The highest BCUT2D eigenvalue weighted by molar-refractivity contribution is 6.33. The van der Waals surface area contributed by atoms with Crippen molar-refractivity contribution in [2.45, 2.75) is 38.4 Å². The first kappa shape index (κ1) is 23.7. The van der Waals surface area contributed by atoms with E-state index in [9.17, 15) is 9.18 Å². The zero-order valence-electron chi connectivity index (χ0n) is 18.7. The van der Waals surface area contributed by atoms with Crippen LogP contribution in [0.2, 0.25) is 5.02 Å². The number of rotatable bonds is 6. The van der Waals surface area contributed by atoms with Crippen molar-refractivity contribution >= 4 is 29.1 Å². The Morgan fingerprint density at radius 1 is 1.36 bits per heavy atom. The first-order valence-corrected chi connectivity index (χ1v) is 11.4. The molecule has 0 saturated carbocycles. The number of halogens is 2. The number of nitrogens with one attached hydrogen (secondary N) is 3. The topological polar surface area (TPSA) is 110 Å². The van der Waals surface area contributed by atoms with Crippen LogP contribution < -0.4 is 16.0 Å². The lowest BCUT2D eigenvalue weighted by Gasteiger charge is -2.35. The Bertz CT molecular complexity index is 1000. The van der Waals surface area contributed by atoms with E-state index in [1.54, 1.807) is 6.07 Å². The normalized spacial score (nSPS) is 22.5. The fourth-order valence-electron chi connectivity index (χ4n) is 3.89. The van der Waals surface area contributed by atoms with E-state index < -0.39 is 11.5 Å². The van der Waals surface area contributed by atoms with Gasteiger partial charge in [-0.3, -0.25) is 4.79 Å². The van der Waals surface area contributed by atoms with Crippen LogP contribution >= 0.6 is 11.6 Å². The third-order valence-electron chi connectivity index (χ3n) is 5.51. The van der Waals surface area contributed by atoms with Gasteiger partial charge in [-0.25, -0.2) is 15.0 Å². The molecule has 0 aromatic carbocycles. The first-order valence-electron chi connectivity index (χ1n) is 11.0. The van der Waals surface area contributed by atoms with Gasteiger partial charge in [0.05, 0.1) is 47.8 Å². The standard InChI is InChI=1S/C22H28ClFN6O3/c1-22(2)12-32-11-14(33-22)8-28-20-19(24)27-10-17(29-20)15-6-18(26-9-16(15)23)30-21(31)13-4-3-5-25-7-13/h6,9-10,13-14,25H,3-5,7-8,11-12H2,1-2H3,(H,28,29)(H,26,30,31)/t13-,14-/m1/s1. The van der Waals surface area contributed by atoms with Gasteiger partial charge < -0.3 is 25.4 Å². The highest BCUT2D eigenvalue weighted by Gasteiger charge is 2.29. The molecule has 2 aromatic rings. The van der Waals surface area contributed by atoms with Crippen LogP contribution in [0, 0.1) is 11.9 Å². The van der Waals surface area contributed by atoms with E-state index in [-0.39, 0.29) is 23.7 Å². The van der Waals surface area contributed by atoms with Crippen molar-refractivity contribution in [2.24, 2.45) is 5.92 Å². The number of ether oxygens (including phenoxy) is 2. The maximum atomic E-state index is 14.3. The highest BCUT2D eigenvalue weighted by Crippen LogP contribution is 2.29. The van der Waals surface area contributed by atoms with E-state index >= 15 is 0 Å². The number of hydrogen-bond donors (Lipinski definition) is 3. The minimum atomic E-state index is -0.738. The Morgan fingerprint density at radius 2 is 2.21 bits per heavy atom. The third kappa shape index (κ3) is 6.14. The fourth-order valence-corrected chi connectivity index (χ4v) is 4.09. The zero-order chi connectivity index (χ0) is 23.4. The van der Waals surface area contributed by atoms with Crippen molar-refractivity contribution < 1.29 is 18.7 Å². The molecule has 0 bridgehead atoms. The maximum absolute atomic E-state index is 14.3. The summed E-state index contributed by atoms with van der Waals surface area (Å²) < 4.78 is 25.8. The number of hydrogen-bond acceptors (Lipinski definition) is 8. The van der Waals surface area contributed by atoms with Gasteiger partial charge in [0.1, 0.15) is 5.82 Å². The number of piperidine rings is 1. The molecule has 2 aliphatic rings. The minimum Gasteiger partial charge on any atom is -0.376 e. The molecular weight excluding hydrogens is 451 g/mol. The van der Waals surface area contributed by atoms with E-state index in [0.717, 1.165) is 19.4 Å². The van der Waals surface area contributed by atoms with Gasteiger partial charge in [0.2, 0.25) is 5.91 Å². The number of carbonyl (C=O) groups is 1. The predicted molar refractivity (Wildman–Crippen MR) is 123 cm³/mol. The van der Waals surface area contributed by atoms with Crippen molar-refractivity contribution in [2.75, 3.05) is 43.5 Å². The molecule has 3 N–H and O–H groups in total. The van der Waals surface area contributed by atoms with Gasteiger partial charge in [0, 0.05) is 24.8 Å². The van der Waals surface area contributed by atoms with Gasteiger partial charge in [-0.2, -0.15) is 4.39 Å². The predicted octanol–water partition coefficient (Wildman–Crippen LogP) is 2.88. The second-order valence-electron chi connectivity index (χ2n) is 8.87. The fraction of sp³-hybridized carbons (Fsp3) is 0.545. The summed E-state index contributed by atoms with van der Waals surface area (Å²) in [5, 5.41) is 9.31. The van der Waals surface area contributed by atoms with Crippen molar-refractivity contribution in [1.29, 1.82) is 0 Å². The molecule has 0 aliphatic carbocycles. The monoisotopic (exact) mass is 478 g/mol. The average molecular weight is 479 g/mol. The molecular formula is C22H28ClFN6O3. The molecule has 178 valence electrons. The molecule has 4 heterocycles. The van der Waals surface area contributed by atoms with Crippen LogP contribution in [-0.4, -0.2) is 65.4 Å². The summed E-state index contributed by atoms with van der Waals surface area (Å²) in [7, 11) is 0. The smallest absolute Gasteiger partial charge is 0.255 e.